The Bertz CT molecular complexity index is 223. The van der Waals surface area contributed by atoms with E-state index in [1.165, 1.54) is 5.70 Å². The highest BCUT2D eigenvalue weighted by atomic mass is 127. The SMILES string of the molecule is C=CCN1C=C(CC)N(CC=C)C1.I. The third kappa shape index (κ3) is 3.36. The van der Waals surface area contributed by atoms with Crippen molar-refractivity contribution in [2.24, 2.45) is 0 Å². The predicted molar refractivity (Wildman–Crippen MR) is 72.5 cm³/mol. The van der Waals surface area contributed by atoms with E-state index in [1.54, 1.807) is 0 Å². The standard InChI is InChI=1S/C11H18N2.HI/c1-4-7-12-9-11(6-3)13(10-12)8-5-2;/h4-5,9H,1-2,6-8,10H2,3H3;1H. The van der Waals surface area contributed by atoms with E-state index in [1.807, 2.05) is 12.2 Å². The molecule has 80 valence electrons. The van der Waals surface area contributed by atoms with Crippen LogP contribution in [0.3, 0.4) is 0 Å². The smallest absolute Gasteiger partial charge is 0.0902 e. The van der Waals surface area contributed by atoms with Crippen molar-refractivity contribution in [2.75, 3.05) is 19.8 Å². The number of hydrogen-bond donors (Lipinski definition) is 0. The Morgan fingerprint density at radius 2 is 2.00 bits per heavy atom. The van der Waals surface area contributed by atoms with Crippen LogP contribution in [0.5, 0.6) is 0 Å². The second kappa shape index (κ2) is 6.92. The van der Waals surface area contributed by atoms with Gasteiger partial charge in [0.1, 0.15) is 0 Å². The molecule has 0 saturated carbocycles. The maximum absolute atomic E-state index is 3.76. The van der Waals surface area contributed by atoms with Crippen molar-refractivity contribution in [3.05, 3.63) is 37.2 Å². The first-order chi connectivity index (χ1) is 6.31. The zero-order chi connectivity index (χ0) is 9.68. The molecular formula is C11H19IN2. The quantitative estimate of drug-likeness (QED) is 0.569. The van der Waals surface area contributed by atoms with Crippen molar-refractivity contribution >= 4 is 24.0 Å². The summed E-state index contributed by atoms with van der Waals surface area (Å²) in [5.41, 5.74) is 1.39. The van der Waals surface area contributed by atoms with Gasteiger partial charge in [0.05, 0.1) is 6.67 Å². The molecule has 1 aliphatic heterocycles. The first-order valence-corrected chi connectivity index (χ1v) is 4.73. The van der Waals surface area contributed by atoms with Crippen LogP contribution in [0.25, 0.3) is 0 Å². The fraction of sp³-hybridized carbons (Fsp3) is 0.455. The Hall–Kier alpha value is -0.450. The summed E-state index contributed by atoms with van der Waals surface area (Å²) in [6, 6.07) is 0. The first-order valence-electron chi connectivity index (χ1n) is 4.73. The summed E-state index contributed by atoms with van der Waals surface area (Å²) in [5, 5.41) is 0. The molecule has 0 fully saturated rings. The summed E-state index contributed by atoms with van der Waals surface area (Å²) in [5.74, 6) is 0. The van der Waals surface area contributed by atoms with Crippen molar-refractivity contribution < 1.29 is 0 Å². The van der Waals surface area contributed by atoms with Crippen LogP contribution in [-0.2, 0) is 0 Å². The Balaban J connectivity index is 0.00000169. The van der Waals surface area contributed by atoms with Gasteiger partial charge in [-0.3, -0.25) is 0 Å². The summed E-state index contributed by atoms with van der Waals surface area (Å²) in [6.45, 7) is 12.5. The number of hydrogen-bond acceptors (Lipinski definition) is 2. The Kier molecular flexibility index (Phi) is 6.70. The zero-order valence-corrected chi connectivity index (χ0v) is 11.1. The molecule has 0 unspecified atom stereocenters. The van der Waals surface area contributed by atoms with Gasteiger partial charge in [-0.05, 0) is 6.42 Å². The number of halogens is 1. The highest BCUT2D eigenvalue weighted by Gasteiger charge is 2.16. The van der Waals surface area contributed by atoms with E-state index in [-0.39, 0.29) is 24.0 Å². The summed E-state index contributed by atoms with van der Waals surface area (Å²) in [4.78, 5) is 4.59. The van der Waals surface area contributed by atoms with Gasteiger partial charge in [-0.2, -0.15) is 0 Å². The van der Waals surface area contributed by atoms with E-state index in [9.17, 15) is 0 Å². The van der Waals surface area contributed by atoms with Crippen LogP contribution < -0.4 is 0 Å². The molecule has 1 heterocycles. The molecule has 0 aliphatic carbocycles. The molecule has 0 radical (unpaired) electrons. The molecule has 0 saturated heterocycles. The fourth-order valence-corrected chi connectivity index (χ4v) is 1.57. The van der Waals surface area contributed by atoms with Crippen LogP contribution in [0.4, 0.5) is 0 Å². The largest absolute Gasteiger partial charge is 0.355 e. The first kappa shape index (κ1) is 13.5. The summed E-state index contributed by atoms with van der Waals surface area (Å²) < 4.78 is 0. The topological polar surface area (TPSA) is 6.48 Å². The molecule has 0 amide bonds. The van der Waals surface area contributed by atoms with E-state index in [4.69, 9.17) is 0 Å². The van der Waals surface area contributed by atoms with Crippen molar-refractivity contribution in [3.8, 4) is 0 Å². The van der Waals surface area contributed by atoms with Gasteiger partial charge in [-0.1, -0.05) is 19.1 Å². The van der Waals surface area contributed by atoms with Gasteiger partial charge in [0, 0.05) is 25.0 Å². The minimum Gasteiger partial charge on any atom is -0.355 e. The molecule has 1 rings (SSSR count). The molecule has 3 heteroatoms. The van der Waals surface area contributed by atoms with Gasteiger partial charge >= 0.3 is 0 Å². The molecule has 1 aliphatic rings. The highest BCUT2D eigenvalue weighted by molar-refractivity contribution is 14.0. The molecular weight excluding hydrogens is 287 g/mol. The molecule has 0 bridgehead atoms. The minimum atomic E-state index is 0. The lowest BCUT2D eigenvalue weighted by Crippen LogP contribution is -2.27. The molecule has 0 spiro atoms. The number of allylic oxidation sites excluding steroid dienone is 1. The maximum atomic E-state index is 3.76. The predicted octanol–water partition coefficient (Wildman–Crippen LogP) is 2.80. The summed E-state index contributed by atoms with van der Waals surface area (Å²) >= 11 is 0. The van der Waals surface area contributed by atoms with Crippen LogP contribution in [0.1, 0.15) is 13.3 Å². The van der Waals surface area contributed by atoms with Crippen LogP contribution in [0.15, 0.2) is 37.2 Å². The monoisotopic (exact) mass is 306 g/mol. The van der Waals surface area contributed by atoms with E-state index in [0.29, 0.717) is 0 Å². The normalized spacial score (nSPS) is 14.8. The highest BCUT2D eigenvalue weighted by Crippen LogP contribution is 2.17. The van der Waals surface area contributed by atoms with Gasteiger partial charge in [-0.15, -0.1) is 37.1 Å². The fourth-order valence-electron chi connectivity index (χ4n) is 1.57. The van der Waals surface area contributed by atoms with Gasteiger partial charge < -0.3 is 9.80 Å². The second-order valence-corrected chi connectivity index (χ2v) is 3.19. The molecule has 0 atom stereocenters. The van der Waals surface area contributed by atoms with Crippen molar-refractivity contribution in [1.82, 2.24) is 9.80 Å². The maximum Gasteiger partial charge on any atom is 0.0902 e. The van der Waals surface area contributed by atoms with E-state index >= 15 is 0 Å². The number of rotatable bonds is 5. The Labute approximate surface area is 104 Å². The lowest BCUT2D eigenvalue weighted by atomic mass is 10.3. The lowest BCUT2D eigenvalue weighted by molar-refractivity contribution is 0.285. The molecule has 0 N–H and O–H groups in total. The van der Waals surface area contributed by atoms with E-state index in [0.717, 1.165) is 26.2 Å². The molecule has 2 nitrogen and oxygen atoms in total. The average molecular weight is 306 g/mol. The van der Waals surface area contributed by atoms with Gasteiger partial charge in [0.2, 0.25) is 0 Å². The third-order valence-electron chi connectivity index (χ3n) is 2.17. The Morgan fingerprint density at radius 1 is 1.36 bits per heavy atom. The van der Waals surface area contributed by atoms with Gasteiger partial charge in [0.15, 0.2) is 0 Å². The van der Waals surface area contributed by atoms with Crippen LogP contribution in [-0.4, -0.2) is 29.6 Å². The molecule has 14 heavy (non-hydrogen) atoms. The minimum absolute atomic E-state index is 0. The van der Waals surface area contributed by atoms with Crippen molar-refractivity contribution in [1.29, 1.82) is 0 Å². The van der Waals surface area contributed by atoms with Crippen LogP contribution >= 0.6 is 24.0 Å². The molecule has 0 aromatic rings. The summed E-state index contributed by atoms with van der Waals surface area (Å²) in [7, 11) is 0. The van der Waals surface area contributed by atoms with Crippen LogP contribution in [0, 0.1) is 0 Å². The average Bonchev–Trinajstić information content (AvgIpc) is 2.49. The lowest BCUT2D eigenvalue weighted by Gasteiger charge is -2.21. The zero-order valence-electron chi connectivity index (χ0n) is 8.78. The van der Waals surface area contributed by atoms with Gasteiger partial charge in [0.25, 0.3) is 0 Å². The second-order valence-electron chi connectivity index (χ2n) is 3.19. The number of nitrogens with zero attached hydrogens (tertiary/aromatic N) is 2. The van der Waals surface area contributed by atoms with Gasteiger partial charge in [-0.25, -0.2) is 0 Å². The van der Waals surface area contributed by atoms with E-state index in [2.05, 4.69) is 36.1 Å². The van der Waals surface area contributed by atoms with Crippen molar-refractivity contribution in [2.45, 2.75) is 13.3 Å². The summed E-state index contributed by atoms with van der Waals surface area (Å²) in [6.07, 6.45) is 7.18. The molecule has 0 aromatic carbocycles. The van der Waals surface area contributed by atoms with Crippen molar-refractivity contribution in [3.63, 3.8) is 0 Å². The van der Waals surface area contributed by atoms with Crippen LogP contribution in [0.2, 0.25) is 0 Å². The Morgan fingerprint density at radius 3 is 2.50 bits per heavy atom. The third-order valence-corrected chi connectivity index (χ3v) is 2.17. The van der Waals surface area contributed by atoms with E-state index < -0.39 is 0 Å². The molecule has 0 aromatic heterocycles.